The highest BCUT2D eigenvalue weighted by Crippen LogP contribution is 2.35. The SMILES string of the molecule is CN(CC(=O)N1N=C(c2cccs2)CC1c1ccccc1F)C(=O)C1CCC1. The molecule has 28 heavy (non-hydrogen) atoms. The second-order valence-electron chi connectivity index (χ2n) is 7.33. The van der Waals surface area contributed by atoms with Gasteiger partial charge in [-0.15, -0.1) is 11.3 Å². The molecule has 1 aliphatic carbocycles. The number of likely N-dealkylation sites (N-methyl/N-ethyl adjacent to an activating group) is 1. The van der Waals surface area contributed by atoms with Gasteiger partial charge in [0.2, 0.25) is 5.91 Å². The highest BCUT2D eigenvalue weighted by Gasteiger charge is 2.36. The van der Waals surface area contributed by atoms with Crippen LogP contribution in [0.15, 0.2) is 46.9 Å². The number of benzene rings is 1. The van der Waals surface area contributed by atoms with Crippen LogP contribution in [-0.4, -0.2) is 41.0 Å². The number of rotatable bonds is 5. The molecule has 7 heteroatoms. The van der Waals surface area contributed by atoms with Crippen molar-refractivity contribution in [3.8, 4) is 0 Å². The van der Waals surface area contributed by atoms with Gasteiger partial charge in [0, 0.05) is 24.9 Å². The summed E-state index contributed by atoms with van der Waals surface area (Å²) in [6.07, 6.45) is 3.29. The number of hydrogen-bond acceptors (Lipinski definition) is 4. The van der Waals surface area contributed by atoms with Gasteiger partial charge < -0.3 is 4.90 Å². The maximum atomic E-state index is 14.4. The van der Waals surface area contributed by atoms with E-state index in [9.17, 15) is 14.0 Å². The monoisotopic (exact) mass is 399 g/mol. The summed E-state index contributed by atoms with van der Waals surface area (Å²) < 4.78 is 14.4. The molecular weight excluding hydrogens is 377 g/mol. The molecule has 0 N–H and O–H groups in total. The number of hydrazone groups is 1. The number of hydrogen-bond donors (Lipinski definition) is 0. The van der Waals surface area contributed by atoms with Gasteiger partial charge in [0.1, 0.15) is 12.4 Å². The van der Waals surface area contributed by atoms with Crippen molar-refractivity contribution in [2.45, 2.75) is 31.7 Å². The van der Waals surface area contributed by atoms with Crippen LogP contribution < -0.4 is 0 Å². The highest BCUT2D eigenvalue weighted by molar-refractivity contribution is 7.12. The Morgan fingerprint density at radius 1 is 1.25 bits per heavy atom. The largest absolute Gasteiger partial charge is 0.336 e. The molecule has 0 spiro atoms. The van der Waals surface area contributed by atoms with Crippen LogP contribution in [0.1, 0.15) is 42.2 Å². The van der Waals surface area contributed by atoms with Gasteiger partial charge in [0.05, 0.1) is 16.6 Å². The van der Waals surface area contributed by atoms with Gasteiger partial charge in [-0.2, -0.15) is 5.10 Å². The van der Waals surface area contributed by atoms with Crippen molar-refractivity contribution in [2.75, 3.05) is 13.6 Å². The fourth-order valence-corrected chi connectivity index (χ4v) is 4.36. The highest BCUT2D eigenvalue weighted by atomic mass is 32.1. The summed E-state index contributed by atoms with van der Waals surface area (Å²) in [5.41, 5.74) is 1.21. The minimum absolute atomic E-state index is 0.00342. The van der Waals surface area contributed by atoms with Crippen LogP contribution in [0.4, 0.5) is 4.39 Å². The topological polar surface area (TPSA) is 53.0 Å². The van der Waals surface area contributed by atoms with Gasteiger partial charge in [-0.05, 0) is 30.4 Å². The number of amides is 2. The van der Waals surface area contributed by atoms with Gasteiger partial charge in [0.15, 0.2) is 0 Å². The lowest BCUT2D eigenvalue weighted by Crippen LogP contribution is -2.43. The van der Waals surface area contributed by atoms with Gasteiger partial charge >= 0.3 is 0 Å². The van der Waals surface area contributed by atoms with E-state index in [4.69, 9.17) is 0 Å². The number of halogens is 1. The fourth-order valence-electron chi connectivity index (χ4n) is 3.64. The van der Waals surface area contributed by atoms with E-state index in [-0.39, 0.29) is 30.1 Å². The first kappa shape index (κ1) is 18.8. The Hall–Kier alpha value is -2.54. The standard InChI is InChI=1S/C21H22FN3O2S/c1-24(21(27)14-6-4-7-14)13-20(26)25-18(15-8-2-3-9-16(15)22)12-17(23-25)19-10-5-11-28-19/h2-3,5,8-11,14,18H,4,6-7,12-13H2,1H3. The zero-order valence-electron chi connectivity index (χ0n) is 15.7. The molecule has 5 nitrogen and oxygen atoms in total. The van der Waals surface area contributed by atoms with E-state index in [0.29, 0.717) is 12.0 Å². The molecular formula is C21H22FN3O2S. The maximum absolute atomic E-state index is 14.4. The van der Waals surface area contributed by atoms with E-state index >= 15 is 0 Å². The van der Waals surface area contributed by atoms with Crippen molar-refractivity contribution in [3.05, 3.63) is 58.0 Å². The molecule has 1 fully saturated rings. The Kier molecular flexibility index (Phi) is 5.26. The Balaban J connectivity index is 1.57. The molecule has 4 rings (SSSR count). The summed E-state index contributed by atoms with van der Waals surface area (Å²) in [5, 5.41) is 7.84. The van der Waals surface area contributed by atoms with E-state index in [1.54, 1.807) is 36.6 Å². The van der Waals surface area contributed by atoms with Crippen LogP contribution in [0.2, 0.25) is 0 Å². The van der Waals surface area contributed by atoms with Gasteiger partial charge in [-0.25, -0.2) is 9.40 Å². The van der Waals surface area contributed by atoms with Crippen molar-refractivity contribution in [3.63, 3.8) is 0 Å². The molecule has 1 aromatic heterocycles. The quantitative estimate of drug-likeness (QED) is 0.767. The first-order valence-corrected chi connectivity index (χ1v) is 10.4. The van der Waals surface area contributed by atoms with Gasteiger partial charge in [0.25, 0.3) is 5.91 Å². The molecule has 1 aromatic carbocycles. The van der Waals surface area contributed by atoms with E-state index in [1.165, 1.54) is 16.0 Å². The summed E-state index contributed by atoms with van der Waals surface area (Å²) in [5.74, 6) is -0.616. The van der Waals surface area contributed by atoms with Crippen LogP contribution >= 0.6 is 11.3 Å². The fraction of sp³-hybridized carbons (Fsp3) is 0.381. The van der Waals surface area contributed by atoms with Gasteiger partial charge in [-0.3, -0.25) is 9.59 Å². The molecule has 146 valence electrons. The number of carbonyl (C=O) groups is 2. The Labute approximate surface area is 167 Å². The van der Waals surface area contributed by atoms with Crippen LogP contribution in [0, 0.1) is 11.7 Å². The number of nitrogens with zero attached hydrogens (tertiary/aromatic N) is 3. The van der Waals surface area contributed by atoms with Crippen LogP contribution in [0.3, 0.4) is 0 Å². The van der Waals surface area contributed by atoms with Crippen molar-refractivity contribution >= 4 is 28.9 Å². The zero-order valence-corrected chi connectivity index (χ0v) is 16.5. The van der Waals surface area contributed by atoms with Crippen molar-refractivity contribution in [1.82, 2.24) is 9.91 Å². The van der Waals surface area contributed by atoms with E-state index < -0.39 is 6.04 Å². The molecule has 1 saturated carbocycles. The van der Waals surface area contributed by atoms with Crippen LogP contribution in [0.5, 0.6) is 0 Å². The summed E-state index contributed by atoms with van der Waals surface area (Å²) in [7, 11) is 1.65. The molecule has 0 radical (unpaired) electrons. The van der Waals surface area contributed by atoms with Crippen molar-refractivity contribution in [1.29, 1.82) is 0 Å². The molecule has 0 saturated heterocycles. The Morgan fingerprint density at radius 3 is 2.68 bits per heavy atom. The lowest BCUT2D eigenvalue weighted by molar-refractivity contribution is -0.144. The molecule has 1 atom stereocenters. The van der Waals surface area contributed by atoms with Crippen molar-refractivity contribution < 1.29 is 14.0 Å². The third-order valence-electron chi connectivity index (χ3n) is 5.44. The molecule has 2 aromatic rings. The Morgan fingerprint density at radius 2 is 2.04 bits per heavy atom. The summed E-state index contributed by atoms with van der Waals surface area (Å²) >= 11 is 1.54. The predicted molar refractivity (Wildman–Crippen MR) is 106 cm³/mol. The average Bonchev–Trinajstić information content (AvgIpc) is 3.30. The first-order chi connectivity index (χ1) is 13.5. The first-order valence-electron chi connectivity index (χ1n) is 9.47. The third kappa shape index (κ3) is 3.58. The molecule has 0 bridgehead atoms. The van der Waals surface area contributed by atoms with Crippen LogP contribution in [-0.2, 0) is 9.59 Å². The second-order valence-corrected chi connectivity index (χ2v) is 8.27. The molecule has 1 unspecified atom stereocenters. The normalized spacial score (nSPS) is 19.3. The zero-order chi connectivity index (χ0) is 19.7. The Bertz CT molecular complexity index is 908. The summed E-state index contributed by atoms with van der Waals surface area (Å²) in [4.78, 5) is 27.8. The molecule has 2 heterocycles. The number of thiophene rings is 1. The average molecular weight is 399 g/mol. The lowest BCUT2D eigenvalue weighted by atomic mass is 9.84. The van der Waals surface area contributed by atoms with E-state index in [0.717, 1.165) is 29.9 Å². The summed E-state index contributed by atoms with van der Waals surface area (Å²) in [6.45, 7) is -0.0541. The van der Waals surface area contributed by atoms with Gasteiger partial charge in [-0.1, -0.05) is 30.7 Å². The van der Waals surface area contributed by atoms with Crippen molar-refractivity contribution in [2.24, 2.45) is 11.0 Å². The smallest absolute Gasteiger partial charge is 0.262 e. The second kappa shape index (κ2) is 7.83. The molecule has 1 aliphatic heterocycles. The predicted octanol–water partition coefficient (Wildman–Crippen LogP) is 3.82. The van der Waals surface area contributed by atoms with E-state index in [1.807, 2.05) is 17.5 Å². The number of carbonyl (C=O) groups excluding carboxylic acids is 2. The summed E-state index contributed by atoms with van der Waals surface area (Å²) in [6, 6.07) is 9.85. The van der Waals surface area contributed by atoms with E-state index in [2.05, 4.69) is 5.10 Å². The lowest BCUT2D eigenvalue weighted by Gasteiger charge is -2.30. The molecule has 2 aliphatic rings. The van der Waals surface area contributed by atoms with Crippen LogP contribution in [0.25, 0.3) is 0 Å². The molecule has 2 amide bonds. The minimum atomic E-state index is -0.502. The third-order valence-corrected chi connectivity index (χ3v) is 6.36. The minimum Gasteiger partial charge on any atom is -0.336 e. The maximum Gasteiger partial charge on any atom is 0.262 e.